The number of benzene rings is 3. The normalized spacial score (nSPS) is 10.6. The molecule has 8 heteroatoms. The van der Waals surface area contributed by atoms with Crippen molar-refractivity contribution >= 4 is 28.3 Å². The number of amides is 1. The summed E-state index contributed by atoms with van der Waals surface area (Å²) in [6.07, 6.45) is 1.37. The molecule has 0 bridgehead atoms. The Kier molecular flexibility index (Phi) is 4.75. The van der Waals surface area contributed by atoms with Crippen LogP contribution in [0.25, 0.3) is 16.5 Å². The fraction of sp³-hybridized carbons (Fsp3) is 0.0500. The maximum absolute atomic E-state index is 12.4. The third-order valence-corrected chi connectivity index (χ3v) is 4.12. The number of rotatable bonds is 5. The molecular weight excluding hydrogens is 358 g/mol. The summed E-state index contributed by atoms with van der Waals surface area (Å²) in [6.45, 7) is -0.411. The predicted molar refractivity (Wildman–Crippen MR) is 102 cm³/mol. The number of aromatic nitrogens is 4. The monoisotopic (exact) mass is 373 g/mol. The number of carbonyl (C=O) groups is 2. The van der Waals surface area contributed by atoms with Crippen LogP contribution in [0.2, 0.25) is 0 Å². The van der Waals surface area contributed by atoms with Crippen LogP contribution in [0.4, 0.5) is 5.69 Å². The fourth-order valence-electron chi connectivity index (χ4n) is 2.85. The van der Waals surface area contributed by atoms with Gasteiger partial charge >= 0.3 is 5.97 Å². The van der Waals surface area contributed by atoms with E-state index in [0.717, 1.165) is 10.8 Å². The fourth-order valence-corrected chi connectivity index (χ4v) is 2.85. The van der Waals surface area contributed by atoms with E-state index in [4.69, 9.17) is 4.74 Å². The number of esters is 1. The summed E-state index contributed by atoms with van der Waals surface area (Å²) in [5, 5.41) is 15.6. The predicted octanol–water partition coefficient (Wildman–Crippen LogP) is 2.61. The molecule has 138 valence electrons. The Hall–Kier alpha value is -4.07. The lowest BCUT2D eigenvalue weighted by molar-refractivity contribution is -0.119. The minimum absolute atomic E-state index is 0.257. The summed E-state index contributed by atoms with van der Waals surface area (Å²) in [4.78, 5) is 24.7. The first-order valence-corrected chi connectivity index (χ1v) is 8.49. The second kappa shape index (κ2) is 7.67. The van der Waals surface area contributed by atoms with Gasteiger partial charge in [-0.25, -0.2) is 4.79 Å². The first-order chi connectivity index (χ1) is 13.7. The molecule has 4 aromatic rings. The molecule has 0 unspecified atom stereocenters. The molecule has 0 saturated heterocycles. The summed E-state index contributed by atoms with van der Waals surface area (Å²) < 4.78 is 6.53. The van der Waals surface area contributed by atoms with E-state index in [1.165, 1.54) is 11.0 Å². The van der Waals surface area contributed by atoms with Crippen LogP contribution in [-0.2, 0) is 9.53 Å². The van der Waals surface area contributed by atoms with E-state index < -0.39 is 18.5 Å². The third-order valence-electron chi connectivity index (χ3n) is 4.12. The Bertz CT molecular complexity index is 1140. The Morgan fingerprint density at radius 2 is 1.75 bits per heavy atom. The van der Waals surface area contributed by atoms with Crippen molar-refractivity contribution in [1.29, 1.82) is 0 Å². The van der Waals surface area contributed by atoms with Gasteiger partial charge in [-0.15, -0.1) is 5.10 Å². The number of carbonyl (C=O) groups excluding carboxylic acids is 2. The molecule has 0 saturated carbocycles. The summed E-state index contributed by atoms with van der Waals surface area (Å²) in [6, 6.07) is 20.0. The number of tetrazole rings is 1. The van der Waals surface area contributed by atoms with Gasteiger partial charge in [-0.05, 0) is 34.0 Å². The molecule has 0 aliphatic heterocycles. The Balaban J connectivity index is 1.45. The molecule has 3 aromatic carbocycles. The van der Waals surface area contributed by atoms with Crippen LogP contribution in [0.3, 0.4) is 0 Å². The topological polar surface area (TPSA) is 99.0 Å². The maximum atomic E-state index is 12.4. The third kappa shape index (κ3) is 3.56. The van der Waals surface area contributed by atoms with E-state index in [-0.39, 0.29) is 5.56 Å². The number of anilines is 1. The molecule has 0 radical (unpaired) electrons. The molecule has 0 aliphatic rings. The van der Waals surface area contributed by atoms with Gasteiger partial charge < -0.3 is 10.1 Å². The van der Waals surface area contributed by atoms with Gasteiger partial charge in [0.15, 0.2) is 6.61 Å². The lowest BCUT2D eigenvalue weighted by Crippen LogP contribution is -2.21. The number of hydrogen-bond acceptors (Lipinski definition) is 6. The number of ether oxygens (including phenoxy) is 1. The van der Waals surface area contributed by atoms with Crippen LogP contribution in [-0.4, -0.2) is 38.7 Å². The van der Waals surface area contributed by atoms with Gasteiger partial charge in [0.05, 0.1) is 11.3 Å². The number of nitrogens with zero attached hydrogens (tertiary/aromatic N) is 4. The summed E-state index contributed by atoms with van der Waals surface area (Å²) >= 11 is 0. The zero-order valence-corrected chi connectivity index (χ0v) is 14.6. The average Bonchev–Trinajstić information content (AvgIpc) is 3.27. The van der Waals surface area contributed by atoms with Gasteiger partial charge in [-0.3, -0.25) is 4.79 Å². The Morgan fingerprint density at radius 3 is 2.61 bits per heavy atom. The van der Waals surface area contributed by atoms with Crippen LogP contribution in [0.15, 0.2) is 73.1 Å². The minimum Gasteiger partial charge on any atom is -0.452 e. The van der Waals surface area contributed by atoms with Gasteiger partial charge in [0.25, 0.3) is 5.91 Å². The molecule has 1 aromatic heterocycles. The molecule has 0 atom stereocenters. The van der Waals surface area contributed by atoms with Crippen molar-refractivity contribution in [3.8, 4) is 5.69 Å². The van der Waals surface area contributed by atoms with Crippen LogP contribution in [0, 0.1) is 0 Å². The van der Waals surface area contributed by atoms with Gasteiger partial charge in [-0.2, -0.15) is 4.68 Å². The van der Waals surface area contributed by atoms with Crippen LogP contribution >= 0.6 is 0 Å². The van der Waals surface area contributed by atoms with Crippen molar-refractivity contribution in [2.45, 2.75) is 0 Å². The number of hydrogen-bond donors (Lipinski definition) is 1. The molecular formula is C20H15N5O3. The van der Waals surface area contributed by atoms with Crippen molar-refractivity contribution in [3.63, 3.8) is 0 Å². The highest BCUT2D eigenvalue weighted by Gasteiger charge is 2.16. The van der Waals surface area contributed by atoms with E-state index in [2.05, 4.69) is 20.8 Å². The molecule has 28 heavy (non-hydrogen) atoms. The number of fused-ring (bicyclic) bond motifs is 1. The van der Waals surface area contributed by atoms with Crippen LogP contribution < -0.4 is 5.32 Å². The largest absolute Gasteiger partial charge is 0.452 e. The molecule has 1 heterocycles. The second-order valence-corrected chi connectivity index (χ2v) is 5.92. The minimum atomic E-state index is -0.640. The SMILES string of the molecule is O=C(COC(=O)c1ccccc1-n1cnnn1)Nc1cccc2ccccc12. The molecule has 0 fully saturated rings. The Labute approximate surface area is 159 Å². The van der Waals surface area contributed by atoms with Gasteiger partial charge in [0.2, 0.25) is 0 Å². The summed E-state index contributed by atoms with van der Waals surface area (Å²) in [7, 11) is 0. The van der Waals surface area contributed by atoms with E-state index in [0.29, 0.717) is 11.4 Å². The number of nitrogens with one attached hydrogen (secondary N) is 1. The molecule has 8 nitrogen and oxygen atoms in total. The van der Waals surface area contributed by atoms with Crippen LogP contribution in [0.5, 0.6) is 0 Å². The molecule has 0 aliphatic carbocycles. The van der Waals surface area contributed by atoms with Crippen molar-refractivity contribution in [2.24, 2.45) is 0 Å². The zero-order valence-electron chi connectivity index (χ0n) is 14.6. The highest BCUT2D eigenvalue weighted by atomic mass is 16.5. The first-order valence-electron chi connectivity index (χ1n) is 8.49. The quantitative estimate of drug-likeness (QED) is 0.540. The van der Waals surface area contributed by atoms with Crippen molar-refractivity contribution < 1.29 is 14.3 Å². The molecule has 0 spiro atoms. The van der Waals surface area contributed by atoms with Crippen LogP contribution in [0.1, 0.15) is 10.4 Å². The van der Waals surface area contributed by atoms with Gasteiger partial charge in [0.1, 0.15) is 6.33 Å². The smallest absolute Gasteiger partial charge is 0.340 e. The lowest BCUT2D eigenvalue weighted by atomic mass is 10.1. The highest BCUT2D eigenvalue weighted by molar-refractivity contribution is 6.03. The van der Waals surface area contributed by atoms with Gasteiger partial charge in [-0.1, -0.05) is 48.5 Å². The standard InChI is InChI=1S/C20H15N5O3/c26-19(22-17-10-5-7-14-6-1-2-8-15(14)17)12-28-20(27)16-9-3-4-11-18(16)25-13-21-23-24-25/h1-11,13H,12H2,(H,22,26). The summed E-state index contributed by atoms with van der Waals surface area (Å²) in [5.41, 5.74) is 1.38. The zero-order chi connectivity index (χ0) is 19.3. The first kappa shape index (κ1) is 17.3. The van der Waals surface area contributed by atoms with E-state index in [1.807, 2.05) is 36.4 Å². The average molecular weight is 373 g/mol. The van der Waals surface area contributed by atoms with E-state index >= 15 is 0 Å². The van der Waals surface area contributed by atoms with Gasteiger partial charge in [0, 0.05) is 11.1 Å². The lowest BCUT2D eigenvalue weighted by Gasteiger charge is -2.10. The molecule has 4 rings (SSSR count). The highest BCUT2D eigenvalue weighted by Crippen LogP contribution is 2.22. The van der Waals surface area contributed by atoms with Crippen molar-refractivity contribution in [3.05, 3.63) is 78.6 Å². The van der Waals surface area contributed by atoms with Crippen molar-refractivity contribution in [2.75, 3.05) is 11.9 Å². The molecule has 1 amide bonds. The maximum Gasteiger partial charge on any atom is 0.340 e. The van der Waals surface area contributed by atoms with E-state index in [9.17, 15) is 9.59 Å². The van der Waals surface area contributed by atoms with E-state index in [1.54, 1.807) is 30.3 Å². The molecule has 1 N–H and O–H groups in total. The second-order valence-electron chi connectivity index (χ2n) is 5.92. The Morgan fingerprint density at radius 1 is 0.964 bits per heavy atom. The summed E-state index contributed by atoms with van der Waals surface area (Å²) in [5.74, 6) is -1.07. The number of para-hydroxylation sites is 1. The van der Waals surface area contributed by atoms with Crippen molar-refractivity contribution in [1.82, 2.24) is 20.2 Å².